The molecule has 0 bridgehead atoms. The third-order valence-corrected chi connectivity index (χ3v) is 7.64. The van der Waals surface area contributed by atoms with Crippen molar-refractivity contribution in [1.29, 1.82) is 0 Å². The van der Waals surface area contributed by atoms with Crippen molar-refractivity contribution in [3.05, 3.63) is 70.8 Å². The molecule has 0 radical (unpaired) electrons. The van der Waals surface area contributed by atoms with E-state index < -0.39 is 10.0 Å². The number of hydrogen-bond acceptors (Lipinski definition) is 3. The first-order valence-corrected chi connectivity index (χ1v) is 11.1. The molecule has 1 fully saturated rings. The van der Waals surface area contributed by atoms with Gasteiger partial charge in [0.25, 0.3) is 15.9 Å². The maximum absolute atomic E-state index is 13.3. The molecule has 146 valence electrons. The minimum atomic E-state index is -3.86. The topological polar surface area (TPSA) is 57.7 Å². The monoisotopic (exact) mass is 416 g/mol. The van der Waals surface area contributed by atoms with E-state index in [1.165, 1.54) is 16.4 Å². The van der Waals surface area contributed by atoms with Gasteiger partial charge in [0.2, 0.25) is 0 Å². The van der Waals surface area contributed by atoms with Gasteiger partial charge in [-0.05, 0) is 49.1 Å². The van der Waals surface area contributed by atoms with Crippen LogP contribution in [-0.4, -0.2) is 38.9 Å². The molecule has 5 nitrogen and oxygen atoms in total. The first-order chi connectivity index (χ1) is 13.4. The highest BCUT2D eigenvalue weighted by Crippen LogP contribution is 2.35. The van der Waals surface area contributed by atoms with Crippen LogP contribution in [0.1, 0.15) is 28.8 Å². The summed E-state index contributed by atoms with van der Waals surface area (Å²) in [4.78, 5) is 14.6. The van der Waals surface area contributed by atoms with Gasteiger partial charge < -0.3 is 4.90 Å². The Morgan fingerprint density at radius 2 is 1.71 bits per heavy atom. The summed E-state index contributed by atoms with van der Waals surface area (Å²) in [6.07, 6.45) is 2.20. The molecule has 7 heteroatoms. The molecule has 2 aromatic carbocycles. The molecule has 2 aromatic rings. The van der Waals surface area contributed by atoms with Crippen molar-refractivity contribution >= 4 is 33.2 Å². The number of carbonyl (C=O) groups is 1. The van der Waals surface area contributed by atoms with Gasteiger partial charge in [0.1, 0.15) is 4.90 Å². The number of piperidine rings is 1. The average molecular weight is 417 g/mol. The van der Waals surface area contributed by atoms with Crippen molar-refractivity contribution in [1.82, 2.24) is 4.90 Å². The number of rotatable bonds is 3. The Bertz CT molecular complexity index is 1060. The Labute approximate surface area is 170 Å². The fraction of sp³-hybridized carbons (Fsp3) is 0.286. The van der Waals surface area contributed by atoms with Crippen LogP contribution in [0.25, 0.3) is 0 Å². The maximum Gasteiger partial charge on any atom is 0.265 e. The van der Waals surface area contributed by atoms with E-state index in [1.54, 1.807) is 17.0 Å². The molecule has 1 amide bonds. The molecule has 0 unspecified atom stereocenters. The first-order valence-electron chi connectivity index (χ1n) is 9.24. The Morgan fingerprint density at radius 3 is 2.46 bits per heavy atom. The van der Waals surface area contributed by atoms with Crippen LogP contribution in [0, 0.1) is 0 Å². The lowest BCUT2D eigenvalue weighted by atomic mass is 10.0. The third kappa shape index (κ3) is 3.31. The number of carbonyl (C=O) groups excluding carboxylic acids is 1. The van der Waals surface area contributed by atoms with Gasteiger partial charge in [-0.1, -0.05) is 42.0 Å². The van der Waals surface area contributed by atoms with Gasteiger partial charge >= 0.3 is 0 Å². The SMILES string of the molecule is C=C1CCN(C(=O)c2ccc(Cl)c(S(=O)(=O)N3CCc4ccccc43)c2)CC1. The summed E-state index contributed by atoms with van der Waals surface area (Å²) in [7, 11) is -3.86. The van der Waals surface area contributed by atoms with Crippen LogP contribution in [0.2, 0.25) is 5.02 Å². The maximum atomic E-state index is 13.3. The number of fused-ring (bicyclic) bond motifs is 1. The summed E-state index contributed by atoms with van der Waals surface area (Å²) in [6, 6.07) is 11.9. The summed E-state index contributed by atoms with van der Waals surface area (Å²) >= 11 is 6.25. The van der Waals surface area contributed by atoms with Crippen molar-refractivity contribution in [2.75, 3.05) is 23.9 Å². The quantitative estimate of drug-likeness (QED) is 0.713. The van der Waals surface area contributed by atoms with Gasteiger partial charge in [0, 0.05) is 25.2 Å². The zero-order valence-electron chi connectivity index (χ0n) is 15.4. The molecular weight excluding hydrogens is 396 g/mol. The second-order valence-electron chi connectivity index (χ2n) is 7.14. The highest BCUT2D eigenvalue weighted by Gasteiger charge is 2.33. The fourth-order valence-corrected chi connectivity index (χ4v) is 5.73. The number of hydrogen-bond donors (Lipinski definition) is 0. The Morgan fingerprint density at radius 1 is 1.00 bits per heavy atom. The molecule has 0 saturated carbocycles. The molecule has 2 aliphatic rings. The molecule has 2 aliphatic heterocycles. The van der Waals surface area contributed by atoms with Gasteiger partial charge in [0.05, 0.1) is 10.7 Å². The Balaban J connectivity index is 1.68. The molecule has 0 spiro atoms. The predicted octanol–water partition coefficient (Wildman–Crippen LogP) is 3.88. The summed E-state index contributed by atoms with van der Waals surface area (Å²) in [5.74, 6) is -0.178. The van der Waals surface area contributed by atoms with E-state index in [-0.39, 0.29) is 15.8 Å². The van der Waals surface area contributed by atoms with Crippen LogP contribution in [0.5, 0.6) is 0 Å². The number of likely N-dealkylation sites (tertiary alicyclic amines) is 1. The van der Waals surface area contributed by atoms with E-state index in [1.807, 2.05) is 18.2 Å². The molecule has 28 heavy (non-hydrogen) atoms. The molecular formula is C21H21ClN2O3S. The van der Waals surface area contributed by atoms with Gasteiger partial charge in [-0.2, -0.15) is 0 Å². The van der Waals surface area contributed by atoms with E-state index >= 15 is 0 Å². The second kappa shape index (κ2) is 7.26. The zero-order chi connectivity index (χ0) is 19.9. The van der Waals surface area contributed by atoms with Gasteiger partial charge in [-0.15, -0.1) is 0 Å². The summed E-state index contributed by atoms with van der Waals surface area (Å²) in [5, 5.41) is 0.118. The normalized spacial score (nSPS) is 17.0. The molecule has 1 saturated heterocycles. The summed E-state index contributed by atoms with van der Waals surface area (Å²) in [5.41, 5.74) is 3.13. The minimum Gasteiger partial charge on any atom is -0.338 e. The Hall–Kier alpha value is -2.31. The fourth-order valence-electron chi connectivity index (χ4n) is 3.72. The van der Waals surface area contributed by atoms with Crippen LogP contribution in [-0.2, 0) is 16.4 Å². The smallest absolute Gasteiger partial charge is 0.265 e. The van der Waals surface area contributed by atoms with Crippen molar-refractivity contribution in [2.24, 2.45) is 0 Å². The third-order valence-electron chi connectivity index (χ3n) is 5.35. The van der Waals surface area contributed by atoms with Crippen LogP contribution < -0.4 is 4.31 Å². The Kier molecular flexibility index (Phi) is 4.93. The van der Waals surface area contributed by atoms with E-state index in [2.05, 4.69) is 6.58 Å². The standard InChI is InChI=1S/C21H21ClN2O3S/c1-15-8-11-23(12-9-15)21(25)17-6-7-18(22)20(14-17)28(26,27)24-13-10-16-4-2-3-5-19(16)24/h2-7,14H,1,8-13H2. The van der Waals surface area contributed by atoms with Gasteiger partial charge in [-0.3, -0.25) is 9.10 Å². The summed E-state index contributed by atoms with van der Waals surface area (Å²) < 4.78 is 28.0. The molecule has 2 heterocycles. The number of sulfonamides is 1. The molecule has 0 N–H and O–H groups in total. The van der Waals surface area contributed by atoms with E-state index in [0.717, 1.165) is 24.0 Å². The zero-order valence-corrected chi connectivity index (χ0v) is 17.0. The first kappa shape index (κ1) is 19.0. The molecule has 0 aliphatic carbocycles. The van der Waals surface area contributed by atoms with Crippen molar-refractivity contribution in [3.63, 3.8) is 0 Å². The van der Waals surface area contributed by atoms with Crippen molar-refractivity contribution < 1.29 is 13.2 Å². The molecule has 0 atom stereocenters. The number of halogens is 1. The summed E-state index contributed by atoms with van der Waals surface area (Å²) in [6.45, 7) is 5.52. The number of para-hydroxylation sites is 1. The van der Waals surface area contributed by atoms with E-state index in [0.29, 0.717) is 37.3 Å². The van der Waals surface area contributed by atoms with Crippen molar-refractivity contribution in [3.8, 4) is 0 Å². The highest BCUT2D eigenvalue weighted by molar-refractivity contribution is 7.93. The van der Waals surface area contributed by atoms with Gasteiger partial charge in [0.15, 0.2) is 0 Å². The minimum absolute atomic E-state index is 0.0295. The van der Waals surface area contributed by atoms with Crippen LogP contribution >= 0.6 is 11.6 Å². The molecule has 0 aromatic heterocycles. The number of benzene rings is 2. The second-order valence-corrected chi connectivity index (χ2v) is 9.38. The average Bonchev–Trinajstić information content (AvgIpc) is 3.13. The largest absolute Gasteiger partial charge is 0.338 e. The van der Waals surface area contributed by atoms with Crippen LogP contribution in [0.15, 0.2) is 59.5 Å². The lowest BCUT2D eigenvalue weighted by Crippen LogP contribution is -2.36. The van der Waals surface area contributed by atoms with Crippen LogP contribution in [0.4, 0.5) is 5.69 Å². The lowest BCUT2D eigenvalue weighted by Gasteiger charge is -2.28. The van der Waals surface area contributed by atoms with E-state index in [9.17, 15) is 13.2 Å². The van der Waals surface area contributed by atoms with Crippen LogP contribution in [0.3, 0.4) is 0 Å². The van der Waals surface area contributed by atoms with Gasteiger partial charge in [-0.25, -0.2) is 8.42 Å². The number of amides is 1. The number of anilines is 1. The van der Waals surface area contributed by atoms with E-state index in [4.69, 9.17) is 11.6 Å². The molecule has 4 rings (SSSR count). The van der Waals surface area contributed by atoms with Crippen molar-refractivity contribution in [2.45, 2.75) is 24.2 Å². The lowest BCUT2D eigenvalue weighted by molar-refractivity contribution is 0.0743. The predicted molar refractivity (Wildman–Crippen MR) is 110 cm³/mol. The number of nitrogens with zero attached hydrogens (tertiary/aromatic N) is 2. The highest BCUT2D eigenvalue weighted by atomic mass is 35.5.